The normalized spacial score (nSPS) is 16.5. The maximum atomic E-state index is 12.9. The third-order valence-corrected chi connectivity index (χ3v) is 3.42. The minimum atomic E-state index is -4.49. The third kappa shape index (κ3) is 4.05. The molecule has 1 fully saturated rings. The zero-order valence-corrected chi connectivity index (χ0v) is 12.5. The molecule has 0 radical (unpaired) electrons. The number of nitrogens with one attached hydrogen (secondary N) is 1. The van der Waals surface area contributed by atoms with Crippen LogP contribution in [-0.2, 0) is 10.9 Å². The highest BCUT2D eigenvalue weighted by Crippen LogP contribution is 2.35. The van der Waals surface area contributed by atoms with Crippen LogP contribution in [0.4, 0.5) is 18.9 Å². The van der Waals surface area contributed by atoms with Crippen LogP contribution in [0.25, 0.3) is 0 Å². The molecule has 0 aromatic heterocycles. The quantitative estimate of drug-likeness (QED) is 0.846. The molecule has 126 valence electrons. The minimum Gasteiger partial charge on any atom is -0.489 e. The number of ether oxygens (including phenoxy) is 2. The fraction of sp³-hybridized carbons (Fsp3) is 0.235. The number of anilines is 1. The maximum absolute atomic E-state index is 12.9. The zero-order valence-electron chi connectivity index (χ0n) is 12.5. The second-order valence-electron chi connectivity index (χ2n) is 5.30. The number of amides is 1. The summed E-state index contributed by atoms with van der Waals surface area (Å²) in [4.78, 5) is 12.2. The molecule has 0 bridgehead atoms. The molecule has 3 rings (SSSR count). The van der Waals surface area contributed by atoms with Gasteiger partial charge in [0.2, 0.25) is 0 Å². The Hall–Kier alpha value is -2.54. The summed E-state index contributed by atoms with van der Waals surface area (Å²) in [6.07, 6.45) is -4.60. The van der Waals surface area contributed by atoms with Gasteiger partial charge in [0, 0.05) is 5.56 Å². The number of hydrogen-bond donors (Lipinski definition) is 1. The molecule has 1 atom stereocenters. The number of carbonyl (C=O) groups excluding carboxylic acids is 1. The van der Waals surface area contributed by atoms with E-state index in [4.69, 9.17) is 9.47 Å². The Balaban J connectivity index is 1.83. The number of alkyl halides is 3. The van der Waals surface area contributed by atoms with Gasteiger partial charge in [-0.1, -0.05) is 18.2 Å². The van der Waals surface area contributed by atoms with Crippen molar-refractivity contribution in [3.8, 4) is 5.75 Å². The number of rotatable bonds is 5. The van der Waals surface area contributed by atoms with Gasteiger partial charge in [0.1, 0.15) is 18.5 Å². The Kier molecular flexibility index (Phi) is 4.44. The van der Waals surface area contributed by atoms with Gasteiger partial charge in [-0.15, -0.1) is 0 Å². The molecular weight excluding hydrogens is 323 g/mol. The van der Waals surface area contributed by atoms with Crippen LogP contribution in [-0.4, -0.2) is 25.2 Å². The molecule has 24 heavy (non-hydrogen) atoms. The van der Waals surface area contributed by atoms with E-state index < -0.39 is 17.6 Å². The summed E-state index contributed by atoms with van der Waals surface area (Å²) in [5.74, 6) is -0.465. The number of carbonyl (C=O) groups is 1. The van der Waals surface area contributed by atoms with Gasteiger partial charge in [0.25, 0.3) is 5.91 Å². The first kappa shape index (κ1) is 16.3. The van der Waals surface area contributed by atoms with Crippen LogP contribution in [0.3, 0.4) is 0 Å². The summed E-state index contributed by atoms with van der Waals surface area (Å²) in [6, 6.07) is 11.3. The average Bonchev–Trinajstić information content (AvgIpc) is 3.38. The van der Waals surface area contributed by atoms with E-state index in [-0.39, 0.29) is 24.1 Å². The van der Waals surface area contributed by atoms with Crippen LogP contribution in [0.2, 0.25) is 0 Å². The van der Waals surface area contributed by atoms with Crippen LogP contribution in [0.1, 0.15) is 15.9 Å². The molecule has 2 aromatic rings. The Morgan fingerprint density at radius 3 is 2.54 bits per heavy atom. The van der Waals surface area contributed by atoms with Crippen molar-refractivity contribution < 1.29 is 27.4 Å². The highest BCUT2D eigenvalue weighted by atomic mass is 19.4. The van der Waals surface area contributed by atoms with Crippen LogP contribution >= 0.6 is 0 Å². The van der Waals surface area contributed by atoms with E-state index in [1.165, 1.54) is 6.07 Å². The molecule has 0 aliphatic carbocycles. The van der Waals surface area contributed by atoms with Gasteiger partial charge < -0.3 is 14.8 Å². The van der Waals surface area contributed by atoms with Crippen LogP contribution < -0.4 is 10.1 Å². The fourth-order valence-electron chi connectivity index (χ4n) is 2.05. The van der Waals surface area contributed by atoms with Crippen molar-refractivity contribution >= 4 is 11.6 Å². The number of hydrogen-bond acceptors (Lipinski definition) is 3. The van der Waals surface area contributed by atoms with Crippen LogP contribution in [0.5, 0.6) is 5.75 Å². The molecule has 1 saturated heterocycles. The smallest absolute Gasteiger partial charge is 0.416 e. The second kappa shape index (κ2) is 6.52. The lowest BCUT2D eigenvalue weighted by atomic mass is 10.1. The third-order valence-electron chi connectivity index (χ3n) is 3.42. The molecule has 1 aliphatic rings. The lowest BCUT2D eigenvalue weighted by molar-refractivity contribution is -0.137. The van der Waals surface area contributed by atoms with Crippen molar-refractivity contribution in [1.29, 1.82) is 0 Å². The van der Waals surface area contributed by atoms with Gasteiger partial charge in [-0.2, -0.15) is 13.2 Å². The minimum absolute atomic E-state index is 0.0374. The van der Waals surface area contributed by atoms with Gasteiger partial charge >= 0.3 is 6.18 Å². The Morgan fingerprint density at radius 2 is 1.92 bits per heavy atom. The summed E-state index contributed by atoms with van der Waals surface area (Å²) in [5, 5.41) is 2.58. The summed E-state index contributed by atoms with van der Waals surface area (Å²) in [5.41, 5.74) is -0.265. The first-order valence-electron chi connectivity index (χ1n) is 7.25. The maximum Gasteiger partial charge on any atom is 0.416 e. The lowest BCUT2D eigenvalue weighted by Gasteiger charge is -2.15. The Morgan fingerprint density at radius 1 is 1.21 bits per heavy atom. The Bertz CT molecular complexity index is 728. The molecule has 2 aromatic carbocycles. The van der Waals surface area contributed by atoms with Crippen molar-refractivity contribution in [1.82, 2.24) is 0 Å². The van der Waals surface area contributed by atoms with Gasteiger partial charge in [-0.25, -0.2) is 0 Å². The highest BCUT2D eigenvalue weighted by molar-refractivity contribution is 6.05. The number of halogens is 3. The molecule has 0 spiro atoms. The first-order valence-corrected chi connectivity index (χ1v) is 7.25. The molecule has 7 heteroatoms. The highest BCUT2D eigenvalue weighted by Gasteiger charge is 2.32. The van der Waals surface area contributed by atoms with Crippen LogP contribution in [0.15, 0.2) is 48.5 Å². The van der Waals surface area contributed by atoms with E-state index in [0.29, 0.717) is 12.2 Å². The summed E-state index contributed by atoms with van der Waals surface area (Å²) in [6.45, 7) is 0.653. The topological polar surface area (TPSA) is 50.9 Å². The second-order valence-corrected chi connectivity index (χ2v) is 5.30. The average molecular weight is 337 g/mol. The number of benzene rings is 2. The molecule has 4 nitrogen and oxygen atoms in total. The fourth-order valence-corrected chi connectivity index (χ4v) is 2.05. The van der Waals surface area contributed by atoms with E-state index >= 15 is 0 Å². The van der Waals surface area contributed by atoms with Crippen LogP contribution in [0, 0.1) is 0 Å². The van der Waals surface area contributed by atoms with E-state index in [2.05, 4.69) is 5.32 Å². The van der Waals surface area contributed by atoms with Crippen molar-refractivity contribution in [2.75, 3.05) is 18.5 Å². The van der Waals surface area contributed by atoms with Crippen molar-refractivity contribution in [3.05, 3.63) is 59.7 Å². The molecule has 1 N–H and O–H groups in total. The Labute approximate surface area is 136 Å². The van der Waals surface area contributed by atoms with E-state index in [0.717, 1.165) is 12.1 Å². The SMILES string of the molecule is O=C(Nc1ccc(C(F)(F)F)cc1OCC1CO1)c1ccccc1. The molecule has 1 unspecified atom stereocenters. The molecule has 1 heterocycles. The molecule has 0 saturated carbocycles. The summed E-state index contributed by atoms with van der Waals surface area (Å²) < 4.78 is 49.0. The van der Waals surface area contributed by atoms with Crippen molar-refractivity contribution in [3.63, 3.8) is 0 Å². The van der Waals surface area contributed by atoms with E-state index in [1.807, 2.05) is 0 Å². The summed E-state index contributed by atoms with van der Waals surface area (Å²) >= 11 is 0. The zero-order chi connectivity index (χ0) is 17.2. The van der Waals surface area contributed by atoms with Crippen molar-refractivity contribution in [2.24, 2.45) is 0 Å². The van der Waals surface area contributed by atoms with Crippen molar-refractivity contribution in [2.45, 2.75) is 12.3 Å². The van der Waals surface area contributed by atoms with E-state index in [9.17, 15) is 18.0 Å². The van der Waals surface area contributed by atoms with Gasteiger partial charge in [-0.05, 0) is 30.3 Å². The molecule has 1 aliphatic heterocycles. The first-order chi connectivity index (χ1) is 11.4. The van der Waals surface area contributed by atoms with Gasteiger partial charge in [0.15, 0.2) is 0 Å². The monoisotopic (exact) mass is 337 g/mol. The molecular formula is C17H14F3NO3. The van der Waals surface area contributed by atoms with Gasteiger partial charge in [-0.3, -0.25) is 4.79 Å². The lowest BCUT2D eigenvalue weighted by Crippen LogP contribution is -2.15. The standard InChI is InChI=1S/C17H14F3NO3/c18-17(19,20)12-6-7-14(15(8-12)24-10-13-9-23-13)21-16(22)11-4-2-1-3-5-11/h1-8,13H,9-10H2,(H,21,22). The van der Waals surface area contributed by atoms with Gasteiger partial charge in [0.05, 0.1) is 17.9 Å². The largest absolute Gasteiger partial charge is 0.489 e. The predicted octanol–water partition coefficient (Wildman–Crippen LogP) is 3.74. The summed E-state index contributed by atoms with van der Waals surface area (Å²) in [7, 11) is 0. The predicted molar refractivity (Wildman–Crippen MR) is 81.1 cm³/mol. The number of epoxide rings is 1. The molecule has 1 amide bonds. The van der Waals surface area contributed by atoms with E-state index in [1.54, 1.807) is 30.3 Å².